The monoisotopic (exact) mass is 367 g/mol. The molecular weight excluding hydrogens is 353 g/mol. The lowest BCUT2D eigenvalue weighted by Crippen LogP contribution is -2.17. The molecule has 0 fully saturated rings. The molecule has 120 valence electrons. The highest BCUT2D eigenvalue weighted by Crippen LogP contribution is 2.31. The van der Waals surface area contributed by atoms with Crippen LogP contribution < -0.4 is 4.90 Å². The Kier molecular flexibility index (Phi) is 6.10. The second-order valence-corrected chi connectivity index (χ2v) is 6.55. The standard InChI is InChI=1S/C17H15Cl2NO2S/c1-3-20(2)15-7-5-12(9-16(15)23-10-21)17(22)11-4-6-13(18)14(19)8-11/h4-10H,3H2,1-2H3. The fourth-order valence-electron chi connectivity index (χ4n) is 2.09. The van der Waals surface area contributed by atoms with Crippen molar-refractivity contribution in [3.63, 3.8) is 0 Å². The molecule has 0 unspecified atom stereocenters. The zero-order valence-corrected chi connectivity index (χ0v) is 15.0. The van der Waals surface area contributed by atoms with Crippen LogP contribution in [0, 0.1) is 0 Å². The van der Waals surface area contributed by atoms with Crippen LogP contribution in [-0.2, 0) is 4.79 Å². The lowest BCUT2D eigenvalue weighted by atomic mass is 10.0. The van der Waals surface area contributed by atoms with Gasteiger partial charge in [0.1, 0.15) is 0 Å². The molecule has 6 heteroatoms. The molecular formula is C17H15Cl2NO2S. The van der Waals surface area contributed by atoms with Gasteiger partial charge in [-0.05, 0) is 43.3 Å². The maximum Gasteiger partial charge on any atom is 0.193 e. The molecule has 2 aromatic carbocycles. The summed E-state index contributed by atoms with van der Waals surface area (Å²) in [6.07, 6.45) is 0. The van der Waals surface area contributed by atoms with Gasteiger partial charge >= 0.3 is 0 Å². The van der Waals surface area contributed by atoms with Crippen LogP contribution in [0.1, 0.15) is 22.8 Å². The van der Waals surface area contributed by atoms with Gasteiger partial charge in [0.25, 0.3) is 0 Å². The summed E-state index contributed by atoms with van der Waals surface area (Å²) in [7, 11) is 1.94. The Morgan fingerprint density at radius 1 is 1.13 bits per heavy atom. The number of nitrogens with zero attached hydrogens (tertiary/aromatic N) is 1. The molecule has 0 heterocycles. The minimum Gasteiger partial charge on any atom is -0.374 e. The summed E-state index contributed by atoms with van der Waals surface area (Å²) in [6.45, 7) is 2.82. The van der Waals surface area contributed by atoms with E-state index in [-0.39, 0.29) is 5.78 Å². The number of carbonyl (C=O) groups excluding carboxylic acids is 2. The predicted octanol–water partition coefficient (Wildman–Crippen LogP) is 4.96. The van der Waals surface area contributed by atoms with Crippen LogP contribution in [0.5, 0.6) is 0 Å². The van der Waals surface area contributed by atoms with Crippen molar-refractivity contribution in [1.82, 2.24) is 0 Å². The lowest BCUT2D eigenvalue weighted by molar-refractivity contribution is 0.103. The van der Waals surface area contributed by atoms with Gasteiger partial charge in [-0.3, -0.25) is 9.59 Å². The number of thioether (sulfide) groups is 1. The summed E-state index contributed by atoms with van der Waals surface area (Å²) < 4.78 is 0. The van der Waals surface area contributed by atoms with Gasteiger partial charge in [-0.1, -0.05) is 35.0 Å². The highest BCUT2D eigenvalue weighted by atomic mass is 35.5. The average molecular weight is 368 g/mol. The molecule has 23 heavy (non-hydrogen) atoms. The van der Waals surface area contributed by atoms with Gasteiger partial charge in [-0.15, -0.1) is 0 Å². The zero-order valence-electron chi connectivity index (χ0n) is 12.7. The highest BCUT2D eigenvalue weighted by molar-refractivity contribution is 8.12. The van der Waals surface area contributed by atoms with Crippen LogP contribution in [0.2, 0.25) is 10.0 Å². The van der Waals surface area contributed by atoms with Crippen molar-refractivity contribution in [2.24, 2.45) is 0 Å². The molecule has 0 amide bonds. The maximum absolute atomic E-state index is 12.6. The van der Waals surface area contributed by atoms with Crippen molar-refractivity contribution in [3.8, 4) is 0 Å². The highest BCUT2D eigenvalue weighted by Gasteiger charge is 2.15. The molecule has 0 aromatic heterocycles. The van der Waals surface area contributed by atoms with E-state index in [2.05, 4.69) is 0 Å². The first-order chi connectivity index (χ1) is 11.0. The Bertz CT molecular complexity index is 749. The predicted molar refractivity (Wildman–Crippen MR) is 97.9 cm³/mol. The number of hydrogen-bond donors (Lipinski definition) is 0. The molecule has 0 aliphatic carbocycles. The van der Waals surface area contributed by atoms with Gasteiger partial charge < -0.3 is 4.90 Å². The normalized spacial score (nSPS) is 10.4. The van der Waals surface area contributed by atoms with E-state index in [1.165, 1.54) is 0 Å². The van der Waals surface area contributed by atoms with Crippen LogP contribution >= 0.6 is 35.0 Å². The van der Waals surface area contributed by atoms with Crippen molar-refractivity contribution >= 4 is 52.1 Å². The van der Waals surface area contributed by atoms with Crippen molar-refractivity contribution in [1.29, 1.82) is 0 Å². The minimum atomic E-state index is -0.165. The Labute approximate surface area is 149 Å². The number of hydrogen-bond acceptors (Lipinski definition) is 4. The summed E-state index contributed by atoms with van der Waals surface area (Å²) in [5.41, 5.74) is 2.63. The third-order valence-corrected chi connectivity index (χ3v) is 4.88. The number of halogens is 2. The molecule has 0 atom stereocenters. The topological polar surface area (TPSA) is 37.4 Å². The summed E-state index contributed by atoms with van der Waals surface area (Å²) in [4.78, 5) is 26.3. The SMILES string of the molecule is CCN(C)c1ccc(C(=O)c2ccc(Cl)c(Cl)c2)cc1SC=O. The van der Waals surface area contributed by atoms with Gasteiger partial charge in [0, 0.05) is 29.6 Å². The minimum absolute atomic E-state index is 0.165. The molecule has 0 aliphatic rings. The van der Waals surface area contributed by atoms with Gasteiger partial charge in [-0.2, -0.15) is 0 Å². The van der Waals surface area contributed by atoms with Gasteiger partial charge in [0.05, 0.1) is 15.7 Å². The van der Waals surface area contributed by atoms with Crippen LogP contribution in [0.15, 0.2) is 41.3 Å². The van der Waals surface area contributed by atoms with Crippen molar-refractivity contribution in [2.75, 3.05) is 18.5 Å². The fourth-order valence-corrected chi connectivity index (χ4v) is 3.03. The molecule has 0 N–H and O–H groups in total. The molecule has 0 saturated heterocycles. The van der Waals surface area contributed by atoms with E-state index in [9.17, 15) is 9.59 Å². The van der Waals surface area contributed by atoms with E-state index < -0.39 is 0 Å². The summed E-state index contributed by atoms with van der Waals surface area (Å²) >= 11 is 12.9. The largest absolute Gasteiger partial charge is 0.374 e. The van der Waals surface area contributed by atoms with Crippen LogP contribution in [-0.4, -0.2) is 25.0 Å². The Hall–Kier alpha value is -1.49. The first-order valence-corrected chi connectivity index (χ1v) is 8.56. The van der Waals surface area contributed by atoms with Crippen LogP contribution in [0.4, 0.5) is 5.69 Å². The molecule has 0 spiro atoms. The molecule has 2 aromatic rings. The molecule has 2 rings (SSSR count). The third-order valence-electron chi connectivity index (χ3n) is 3.46. The quantitative estimate of drug-likeness (QED) is 0.410. The summed E-state index contributed by atoms with van der Waals surface area (Å²) in [5.74, 6) is -0.165. The van der Waals surface area contributed by atoms with Crippen molar-refractivity contribution < 1.29 is 9.59 Å². The van der Waals surface area contributed by atoms with Crippen LogP contribution in [0.3, 0.4) is 0 Å². The Morgan fingerprint density at radius 3 is 2.39 bits per heavy atom. The molecule has 0 saturated carbocycles. The number of rotatable bonds is 6. The van der Waals surface area contributed by atoms with Crippen molar-refractivity contribution in [2.45, 2.75) is 11.8 Å². The average Bonchev–Trinajstić information content (AvgIpc) is 2.56. The van der Waals surface area contributed by atoms with Crippen LogP contribution in [0.25, 0.3) is 0 Å². The molecule has 0 radical (unpaired) electrons. The van der Waals surface area contributed by atoms with E-state index in [0.29, 0.717) is 21.2 Å². The lowest BCUT2D eigenvalue weighted by Gasteiger charge is -2.20. The first kappa shape index (κ1) is 17.9. The molecule has 3 nitrogen and oxygen atoms in total. The Morgan fingerprint density at radius 2 is 1.78 bits per heavy atom. The second kappa shape index (κ2) is 7.86. The van der Waals surface area contributed by atoms with Gasteiger partial charge in [0.15, 0.2) is 11.4 Å². The summed E-state index contributed by atoms with van der Waals surface area (Å²) in [5, 5.41) is 0.739. The number of ketones is 1. The van der Waals surface area contributed by atoms with Gasteiger partial charge in [0.2, 0.25) is 0 Å². The smallest absolute Gasteiger partial charge is 0.193 e. The zero-order chi connectivity index (χ0) is 17.0. The van der Waals surface area contributed by atoms with E-state index in [1.807, 2.05) is 24.9 Å². The van der Waals surface area contributed by atoms with Crippen molar-refractivity contribution in [3.05, 3.63) is 57.6 Å². The summed E-state index contributed by atoms with van der Waals surface area (Å²) in [6, 6.07) is 10.1. The van der Waals surface area contributed by atoms with E-state index in [1.54, 1.807) is 30.3 Å². The Balaban J connectivity index is 2.42. The van der Waals surface area contributed by atoms with Gasteiger partial charge in [-0.25, -0.2) is 0 Å². The second-order valence-electron chi connectivity index (χ2n) is 4.87. The number of carbonyl (C=O) groups is 2. The van der Waals surface area contributed by atoms with E-state index >= 15 is 0 Å². The molecule has 0 aliphatic heterocycles. The third kappa shape index (κ3) is 4.08. The number of benzene rings is 2. The first-order valence-electron chi connectivity index (χ1n) is 6.93. The van der Waals surface area contributed by atoms with E-state index in [0.717, 1.165) is 34.5 Å². The molecule has 0 bridgehead atoms. The van der Waals surface area contributed by atoms with E-state index in [4.69, 9.17) is 23.2 Å². The number of anilines is 1. The maximum atomic E-state index is 12.6. The fraction of sp³-hybridized carbons (Fsp3) is 0.176.